The molecule has 158 valence electrons. The molecule has 29 heavy (non-hydrogen) atoms. The molecule has 1 fully saturated rings. The maximum atomic E-state index is 5.78. The van der Waals surface area contributed by atoms with Crippen LogP contribution in [0.3, 0.4) is 0 Å². The van der Waals surface area contributed by atoms with Crippen molar-refractivity contribution in [2.75, 3.05) is 38.2 Å². The highest BCUT2D eigenvalue weighted by molar-refractivity contribution is 14.0. The first-order valence-corrected chi connectivity index (χ1v) is 10.2. The summed E-state index contributed by atoms with van der Waals surface area (Å²) < 4.78 is 7.64. The first kappa shape index (κ1) is 21.7. The number of nitrogens with zero attached hydrogens (tertiary/aromatic N) is 4. The predicted octanol–water partition coefficient (Wildman–Crippen LogP) is 2.74. The van der Waals surface area contributed by atoms with Gasteiger partial charge in [-0.1, -0.05) is 18.2 Å². The second-order valence-corrected chi connectivity index (χ2v) is 7.63. The molecular weight excluding hydrogens is 479 g/mol. The van der Waals surface area contributed by atoms with E-state index in [1.54, 1.807) is 0 Å². The molecule has 1 aromatic heterocycles. The summed E-state index contributed by atoms with van der Waals surface area (Å²) in [7, 11) is 3.80. The van der Waals surface area contributed by atoms with E-state index in [0.717, 1.165) is 57.2 Å². The molecule has 2 aromatic rings. The molecule has 0 amide bonds. The summed E-state index contributed by atoms with van der Waals surface area (Å²) in [5, 5.41) is 11.5. The Balaban J connectivity index is 0.00000240. The normalized spacial score (nSPS) is 21.6. The number of ether oxygens (including phenoxy) is 1. The van der Waals surface area contributed by atoms with Crippen molar-refractivity contribution in [2.24, 2.45) is 12.0 Å². The second-order valence-electron chi connectivity index (χ2n) is 7.63. The molecule has 3 heterocycles. The zero-order valence-electron chi connectivity index (χ0n) is 17.2. The van der Waals surface area contributed by atoms with Crippen molar-refractivity contribution < 1.29 is 4.74 Å². The first-order valence-electron chi connectivity index (χ1n) is 10.2. The Bertz CT molecular complexity index is 823. The number of aryl methyl sites for hydroxylation is 1. The molecular formula is C21H31IN6O. The van der Waals surface area contributed by atoms with Gasteiger partial charge in [-0.3, -0.25) is 9.67 Å². The van der Waals surface area contributed by atoms with Crippen LogP contribution in [0, 0.1) is 0 Å². The van der Waals surface area contributed by atoms with E-state index < -0.39 is 0 Å². The second kappa shape index (κ2) is 10.2. The van der Waals surface area contributed by atoms with E-state index in [0.29, 0.717) is 12.0 Å². The molecule has 1 aromatic carbocycles. The summed E-state index contributed by atoms with van der Waals surface area (Å²) in [4.78, 5) is 6.85. The number of anilines is 1. The van der Waals surface area contributed by atoms with Crippen molar-refractivity contribution in [1.82, 2.24) is 20.4 Å². The van der Waals surface area contributed by atoms with Crippen LogP contribution in [0.5, 0.6) is 5.75 Å². The lowest BCUT2D eigenvalue weighted by Gasteiger charge is -2.35. The van der Waals surface area contributed by atoms with Crippen LogP contribution in [-0.2, 0) is 7.05 Å². The van der Waals surface area contributed by atoms with E-state index >= 15 is 0 Å². The number of benzene rings is 1. The van der Waals surface area contributed by atoms with E-state index in [-0.39, 0.29) is 24.0 Å². The minimum absolute atomic E-state index is 0. The van der Waals surface area contributed by atoms with Gasteiger partial charge in [0, 0.05) is 51.9 Å². The van der Waals surface area contributed by atoms with Gasteiger partial charge in [-0.25, -0.2) is 0 Å². The quantitative estimate of drug-likeness (QED) is 0.376. The number of para-hydroxylation sites is 1. The molecule has 0 aliphatic carbocycles. The van der Waals surface area contributed by atoms with Crippen LogP contribution in [0.15, 0.2) is 41.7 Å². The smallest absolute Gasteiger partial charge is 0.191 e. The van der Waals surface area contributed by atoms with Gasteiger partial charge in [-0.15, -0.1) is 24.0 Å². The third-order valence-electron chi connectivity index (χ3n) is 5.64. The van der Waals surface area contributed by atoms with Gasteiger partial charge in [0.25, 0.3) is 0 Å². The molecule has 1 saturated heterocycles. The van der Waals surface area contributed by atoms with Crippen LogP contribution in [0.2, 0.25) is 0 Å². The average Bonchev–Trinajstić information content (AvgIpc) is 3.17. The molecule has 0 radical (unpaired) electrons. The molecule has 2 unspecified atom stereocenters. The number of fused-ring (bicyclic) bond motifs is 1. The van der Waals surface area contributed by atoms with Crippen molar-refractivity contribution >= 4 is 35.6 Å². The van der Waals surface area contributed by atoms with Crippen molar-refractivity contribution in [1.29, 1.82) is 0 Å². The van der Waals surface area contributed by atoms with Crippen LogP contribution >= 0.6 is 24.0 Å². The summed E-state index contributed by atoms with van der Waals surface area (Å²) in [5.41, 5.74) is 2.48. The lowest BCUT2D eigenvalue weighted by molar-refractivity contribution is 0.267. The van der Waals surface area contributed by atoms with Crippen LogP contribution in [-0.4, -0.2) is 55.1 Å². The highest BCUT2D eigenvalue weighted by atomic mass is 127. The third-order valence-corrected chi connectivity index (χ3v) is 5.64. The minimum Gasteiger partial charge on any atom is -0.493 e. The van der Waals surface area contributed by atoms with E-state index in [1.807, 2.05) is 31.0 Å². The van der Waals surface area contributed by atoms with E-state index in [9.17, 15) is 0 Å². The summed E-state index contributed by atoms with van der Waals surface area (Å²) in [6.45, 7) is 3.68. The number of aromatic nitrogens is 2. The zero-order chi connectivity index (χ0) is 19.3. The number of piperidine rings is 1. The fraction of sp³-hybridized carbons (Fsp3) is 0.524. The number of guanidine groups is 1. The largest absolute Gasteiger partial charge is 0.493 e. The van der Waals surface area contributed by atoms with E-state index in [2.05, 4.69) is 50.0 Å². The van der Waals surface area contributed by atoms with E-state index in [1.165, 1.54) is 11.3 Å². The van der Waals surface area contributed by atoms with Gasteiger partial charge in [0.2, 0.25) is 0 Å². The Hall–Kier alpha value is -1.97. The SMILES string of the molecule is CN=C(NCC1CCOc2ccccc21)NC1CCCN(c2cnn(C)c2)C1.I. The van der Waals surface area contributed by atoms with Gasteiger partial charge in [0.15, 0.2) is 5.96 Å². The zero-order valence-corrected chi connectivity index (χ0v) is 19.5. The number of rotatable bonds is 4. The molecule has 2 N–H and O–H groups in total. The summed E-state index contributed by atoms with van der Waals surface area (Å²) in [5.74, 6) is 2.34. The van der Waals surface area contributed by atoms with Gasteiger partial charge in [-0.05, 0) is 30.9 Å². The number of hydrogen-bond acceptors (Lipinski definition) is 4. The van der Waals surface area contributed by atoms with Crippen LogP contribution in [0.4, 0.5) is 5.69 Å². The third kappa shape index (κ3) is 5.34. The van der Waals surface area contributed by atoms with Gasteiger partial charge < -0.3 is 20.3 Å². The Labute approximate surface area is 189 Å². The Morgan fingerprint density at radius 3 is 2.97 bits per heavy atom. The van der Waals surface area contributed by atoms with Crippen LogP contribution in [0.25, 0.3) is 0 Å². The highest BCUT2D eigenvalue weighted by Crippen LogP contribution is 2.32. The Morgan fingerprint density at radius 2 is 2.17 bits per heavy atom. The summed E-state index contributed by atoms with van der Waals surface area (Å²) in [6.07, 6.45) is 7.36. The van der Waals surface area contributed by atoms with E-state index in [4.69, 9.17) is 4.74 Å². The molecule has 2 atom stereocenters. The van der Waals surface area contributed by atoms with Gasteiger partial charge in [0.05, 0.1) is 18.5 Å². The Kier molecular flexibility index (Phi) is 7.63. The Morgan fingerprint density at radius 1 is 1.31 bits per heavy atom. The first-order chi connectivity index (χ1) is 13.7. The number of hydrogen-bond donors (Lipinski definition) is 2. The van der Waals surface area contributed by atoms with Crippen LogP contribution in [0.1, 0.15) is 30.7 Å². The average molecular weight is 510 g/mol. The fourth-order valence-corrected chi connectivity index (χ4v) is 4.14. The van der Waals surface area contributed by atoms with Gasteiger partial charge in [-0.2, -0.15) is 5.10 Å². The number of nitrogens with one attached hydrogen (secondary N) is 2. The topological polar surface area (TPSA) is 66.7 Å². The maximum Gasteiger partial charge on any atom is 0.191 e. The molecule has 2 aliphatic heterocycles. The minimum atomic E-state index is 0. The van der Waals surface area contributed by atoms with Crippen LogP contribution < -0.4 is 20.3 Å². The summed E-state index contributed by atoms with van der Waals surface area (Å²) >= 11 is 0. The molecule has 0 spiro atoms. The van der Waals surface area contributed by atoms with Crippen molar-refractivity contribution in [2.45, 2.75) is 31.2 Å². The highest BCUT2D eigenvalue weighted by Gasteiger charge is 2.24. The van der Waals surface area contributed by atoms with Gasteiger partial charge >= 0.3 is 0 Å². The van der Waals surface area contributed by atoms with Crippen molar-refractivity contribution in [3.05, 3.63) is 42.2 Å². The summed E-state index contributed by atoms with van der Waals surface area (Å²) in [6, 6.07) is 8.73. The van der Waals surface area contributed by atoms with Gasteiger partial charge in [0.1, 0.15) is 5.75 Å². The molecule has 8 heteroatoms. The van der Waals surface area contributed by atoms with Crippen molar-refractivity contribution in [3.63, 3.8) is 0 Å². The van der Waals surface area contributed by atoms with Crippen molar-refractivity contribution in [3.8, 4) is 5.75 Å². The number of halogens is 1. The standard InChI is InChI=1S/C21H30N6O.HI/c1-22-21(23-12-16-9-11-28-20-8-4-3-7-19(16)20)25-17-6-5-10-27(14-17)18-13-24-26(2)15-18;/h3-4,7-8,13,15-17H,5-6,9-12,14H2,1-2H3,(H2,22,23,25);1H. The maximum absolute atomic E-state index is 5.78. The molecule has 0 bridgehead atoms. The molecule has 7 nitrogen and oxygen atoms in total. The lowest BCUT2D eigenvalue weighted by atomic mass is 9.93. The monoisotopic (exact) mass is 510 g/mol. The fourth-order valence-electron chi connectivity index (χ4n) is 4.14. The molecule has 2 aliphatic rings. The lowest BCUT2D eigenvalue weighted by Crippen LogP contribution is -2.51. The number of aliphatic imine (C=N–C) groups is 1. The molecule has 0 saturated carbocycles. The molecule has 4 rings (SSSR count). The predicted molar refractivity (Wildman–Crippen MR) is 128 cm³/mol.